The van der Waals surface area contributed by atoms with Crippen LogP contribution in [0.4, 0.5) is 0 Å². The topological polar surface area (TPSA) is 128 Å². The Labute approximate surface area is 581 Å². The van der Waals surface area contributed by atoms with Crippen molar-refractivity contribution in [3.05, 3.63) is 0 Å². The molecule has 0 aromatic heterocycles. The number of thioether (sulfide) groups is 2. The average Bonchev–Trinajstić information content (AvgIpc) is 2.96. The quantitative estimate of drug-likeness (QED) is 0.0433. The lowest BCUT2D eigenvalue weighted by Gasteiger charge is -2.44. The van der Waals surface area contributed by atoms with Crippen LogP contribution in [0.1, 0.15) is 388 Å². The molecule has 0 amide bonds. The van der Waals surface area contributed by atoms with E-state index in [1.165, 1.54) is 280 Å². The van der Waals surface area contributed by atoms with Gasteiger partial charge in [-0.3, -0.25) is 29.2 Å². The minimum absolute atomic E-state index is 0.196. The highest BCUT2D eigenvalue weighted by molar-refractivity contribution is 8.13. The molecule has 12 heteroatoms. The number of rotatable bonds is 72. The minimum Gasteiger partial charge on any atom is -0.392 e. The summed E-state index contributed by atoms with van der Waals surface area (Å²) in [6.45, 7) is 20.5. The van der Waals surface area contributed by atoms with Crippen molar-refractivity contribution in [2.24, 2.45) is 0 Å². The third-order valence-corrected chi connectivity index (χ3v) is 22.1. The molecule has 0 spiro atoms. The number of carbonyl (C=O) groups is 2. The number of nitrogens with zero attached hydrogens (tertiary/aromatic N) is 4. The summed E-state index contributed by atoms with van der Waals surface area (Å²) in [5, 5.41) is 45.3. The molecule has 10 nitrogen and oxygen atoms in total. The van der Waals surface area contributed by atoms with E-state index < -0.39 is 24.4 Å². The van der Waals surface area contributed by atoms with Crippen molar-refractivity contribution in [2.75, 3.05) is 77.0 Å². The molecule has 6 unspecified atom stereocenters. The average molecular weight is 1340 g/mol. The van der Waals surface area contributed by atoms with Crippen molar-refractivity contribution in [1.82, 2.24) is 19.6 Å². The van der Waals surface area contributed by atoms with E-state index in [0.29, 0.717) is 64.2 Å². The fourth-order valence-corrected chi connectivity index (χ4v) is 15.6. The zero-order valence-corrected chi connectivity index (χ0v) is 64.0. The van der Waals surface area contributed by atoms with Crippen LogP contribution in [-0.4, -0.2) is 164 Å². The van der Waals surface area contributed by atoms with E-state index in [1.807, 2.05) is 0 Å². The van der Waals surface area contributed by atoms with E-state index in [-0.39, 0.29) is 10.2 Å². The van der Waals surface area contributed by atoms with Crippen LogP contribution in [-0.2, 0) is 9.59 Å². The molecule has 1 rings (SSSR count). The zero-order valence-electron chi connectivity index (χ0n) is 62.3. The first-order valence-corrected chi connectivity index (χ1v) is 42.8. The molecule has 0 aromatic carbocycles. The second-order valence-corrected chi connectivity index (χ2v) is 31.8. The molecule has 0 saturated carbocycles. The second-order valence-electron chi connectivity index (χ2n) is 29.5. The predicted octanol–water partition coefficient (Wildman–Crippen LogP) is 21.1. The Morgan fingerprint density at radius 2 is 0.511 bits per heavy atom. The highest BCUT2D eigenvalue weighted by Crippen LogP contribution is 2.22. The van der Waals surface area contributed by atoms with Gasteiger partial charge < -0.3 is 20.4 Å². The van der Waals surface area contributed by atoms with Gasteiger partial charge in [-0.1, -0.05) is 359 Å². The molecule has 92 heavy (non-hydrogen) atoms. The van der Waals surface area contributed by atoms with Crippen molar-refractivity contribution in [3.8, 4) is 0 Å². The molecule has 1 fully saturated rings. The first kappa shape index (κ1) is 89.7. The van der Waals surface area contributed by atoms with Crippen LogP contribution in [0.15, 0.2) is 0 Å². The number of aliphatic hydroxyl groups is 4. The highest BCUT2D eigenvalue weighted by atomic mass is 32.2. The molecule has 1 aliphatic heterocycles. The summed E-state index contributed by atoms with van der Waals surface area (Å²) in [4.78, 5) is 36.3. The van der Waals surface area contributed by atoms with E-state index in [0.717, 1.165) is 115 Å². The molecule has 4 N–H and O–H groups in total. The van der Waals surface area contributed by atoms with E-state index in [1.54, 1.807) is 0 Å². The van der Waals surface area contributed by atoms with Gasteiger partial charge >= 0.3 is 0 Å². The molecule has 0 radical (unpaired) electrons. The Hall–Kier alpha value is -0.280. The molecule has 548 valence electrons. The number of hydrogen-bond donors (Lipinski definition) is 4. The monoisotopic (exact) mass is 1340 g/mol. The first-order valence-electron chi connectivity index (χ1n) is 40.9. The lowest BCUT2D eigenvalue weighted by molar-refractivity contribution is -0.112. The molecule has 0 aliphatic carbocycles. The Morgan fingerprint density at radius 3 is 0.707 bits per heavy atom. The van der Waals surface area contributed by atoms with Gasteiger partial charge in [-0.05, 0) is 39.5 Å². The summed E-state index contributed by atoms with van der Waals surface area (Å²) in [6, 6.07) is 0.708. The summed E-state index contributed by atoms with van der Waals surface area (Å²) in [5.41, 5.74) is 0. The molecule has 6 atom stereocenters. The maximum Gasteiger partial charge on any atom is 0.190 e. The highest BCUT2D eigenvalue weighted by Gasteiger charge is 2.29. The van der Waals surface area contributed by atoms with Crippen molar-refractivity contribution in [1.29, 1.82) is 0 Å². The van der Waals surface area contributed by atoms with Gasteiger partial charge in [0.05, 0.1) is 24.4 Å². The second kappa shape index (κ2) is 67.9. The SMILES string of the molecule is CCCCCCCCCCCCCCC(O)CN(CCC(=O)SCCN1CC(C)N(CCSC(=O)CCN(CC(O)CCCCCCCCCCCCCC)CC(O)CCCCCCCCCCCCCC)CC1C)CC(O)CCCCCCCCCCCCCC. The molecular formula is C80H160N4O6S2. The Bertz CT molecular complexity index is 1370. The van der Waals surface area contributed by atoms with Gasteiger partial charge in [0.2, 0.25) is 0 Å². The van der Waals surface area contributed by atoms with Crippen molar-refractivity contribution < 1.29 is 30.0 Å². The van der Waals surface area contributed by atoms with E-state index in [4.69, 9.17) is 0 Å². The summed E-state index contributed by atoms with van der Waals surface area (Å²) < 4.78 is 0. The number of hydrogen-bond acceptors (Lipinski definition) is 12. The smallest absolute Gasteiger partial charge is 0.190 e. The van der Waals surface area contributed by atoms with Crippen LogP contribution >= 0.6 is 23.5 Å². The van der Waals surface area contributed by atoms with Crippen LogP contribution in [0.3, 0.4) is 0 Å². The molecule has 1 saturated heterocycles. The van der Waals surface area contributed by atoms with Crippen molar-refractivity contribution in [2.45, 2.75) is 425 Å². The van der Waals surface area contributed by atoms with Gasteiger partial charge in [0.1, 0.15) is 0 Å². The van der Waals surface area contributed by atoms with Crippen molar-refractivity contribution >= 4 is 33.8 Å². The summed E-state index contributed by atoms with van der Waals surface area (Å²) in [5.74, 6) is 1.51. The fraction of sp³-hybridized carbons (Fsp3) is 0.975. The zero-order chi connectivity index (χ0) is 67.0. The van der Waals surface area contributed by atoms with Crippen LogP contribution < -0.4 is 0 Å². The lowest BCUT2D eigenvalue weighted by Crippen LogP contribution is -2.57. The summed E-state index contributed by atoms with van der Waals surface area (Å²) in [6.07, 6.45) is 64.7. The summed E-state index contributed by atoms with van der Waals surface area (Å²) in [7, 11) is 0. The van der Waals surface area contributed by atoms with Crippen LogP contribution in [0.5, 0.6) is 0 Å². The maximum absolute atomic E-state index is 13.5. The standard InChI is InChI=1S/C80H160N4O6S2/c1-7-11-15-19-23-27-31-35-39-43-47-51-55-75(85)69-81(70-76(86)56-52-48-44-40-36-32-28-24-20-16-12-8-2)61-59-79(89)91-65-63-83-67-74(6)84(68-73(83)5)64-66-92-80(90)60-62-82(71-77(87)57-53-49-45-41-37-33-29-25-21-17-13-9-3)72-78(88)58-54-50-46-42-38-34-30-26-22-18-14-10-4/h73-78,85-88H,7-72H2,1-6H3. The van der Waals surface area contributed by atoms with Gasteiger partial charge in [-0.2, -0.15) is 0 Å². The van der Waals surface area contributed by atoms with Gasteiger partial charge in [0.25, 0.3) is 0 Å². The van der Waals surface area contributed by atoms with Crippen LogP contribution in [0.25, 0.3) is 0 Å². The third kappa shape index (κ3) is 58.7. The van der Waals surface area contributed by atoms with E-state index in [9.17, 15) is 30.0 Å². The van der Waals surface area contributed by atoms with E-state index >= 15 is 0 Å². The van der Waals surface area contributed by atoms with Gasteiger partial charge in [-0.15, -0.1) is 0 Å². The largest absolute Gasteiger partial charge is 0.392 e. The molecule has 0 bridgehead atoms. The van der Waals surface area contributed by atoms with Crippen molar-refractivity contribution in [3.63, 3.8) is 0 Å². The third-order valence-electron chi connectivity index (χ3n) is 20.2. The minimum atomic E-state index is -0.439. The predicted molar refractivity (Wildman–Crippen MR) is 406 cm³/mol. The number of aliphatic hydroxyl groups excluding tert-OH is 4. The first-order chi connectivity index (χ1) is 44.9. The molecule has 0 aromatic rings. The normalized spacial score (nSPS) is 16.3. The van der Waals surface area contributed by atoms with E-state index in [2.05, 4.69) is 61.1 Å². The maximum atomic E-state index is 13.5. The van der Waals surface area contributed by atoms with Gasteiger partial charge in [0, 0.05) is 102 Å². The Balaban J connectivity index is 2.60. The van der Waals surface area contributed by atoms with Gasteiger partial charge in [-0.25, -0.2) is 0 Å². The van der Waals surface area contributed by atoms with Gasteiger partial charge in [0.15, 0.2) is 10.2 Å². The number of unbranched alkanes of at least 4 members (excludes halogenated alkanes) is 44. The van der Waals surface area contributed by atoms with Crippen LogP contribution in [0, 0.1) is 0 Å². The van der Waals surface area contributed by atoms with Crippen LogP contribution in [0.2, 0.25) is 0 Å². The fourth-order valence-electron chi connectivity index (χ4n) is 14.0. The Morgan fingerprint density at radius 1 is 0.326 bits per heavy atom. The lowest BCUT2D eigenvalue weighted by atomic mass is 10.0. The molecule has 1 heterocycles. The summed E-state index contributed by atoms with van der Waals surface area (Å²) >= 11 is 2.89. The Kier molecular flexibility index (Phi) is 66.2. The molecular weight excluding hydrogens is 1180 g/mol. The molecule has 1 aliphatic rings. The number of carbonyl (C=O) groups excluding carboxylic acids is 2. The number of piperazine rings is 1.